The fourth-order valence-corrected chi connectivity index (χ4v) is 4.94. The van der Waals surface area contributed by atoms with Crippen molar-refractivity contribution in [2.45, 2.75) is 69.7 Å². The predicted molar refractivity (Wildman–Crippen MR) is 138 cm³/mol. The summed E-state index contributed by atoms with van der Waals surface area (Å²) in [5.74, 6) is -0.331. The second kappa shape index (κ2) is 10.4. The minimum atomic E-state index is -1.09. The Kier molecular flexibility index (Phi) is 7.43. The van der Waals surface area contributed by atoms with Crippen molar-refractivity contribution < 1.29 is 28.6 Å². The normalized spacial score (nSPS) is 24.9. The number of pyridine rings is 1. The maximum absolute atomic E-state index is 13.6. The van der Waals surface area contributed by atoms with Crippen molar-refractivity contribution in [2.24, 2.45) is 5.92 Å². The number of carbonyl (C=O) groups excluding carboxylic acids is 3. The Morgan fingerprint density at radius 2 is 2.00 bits per heavy atom. The lowest BCUT2D eigenvalue weighted by atomic mass is 10.1. The fraction of sp³-hybridized carbons (Fsp3) is 0.500. The molecule has 2 fully saturated rings. The summed E-state index contributed by atoms with van der Waals surface area (Å²) in [6.07, 6.45) is 4.55. The zero-order valence-electron chi connectivity index (χ0n) is 21.9. The lowest BCUT2D eigenvalue weighted by molar-refractivity contribution is -0.147. The molecule has 2 aromatic rings. The van der Waals surface area contributed by atoms with Gasteiger partial charge in [-0.25, -0.2) is 9.59 Å². The SMILES string of the molecule is C=CCCC1C[C@]1(NC(=O)[C@@H]1C[C@@H](Oc2ccnc3ccccc23)CN1C(=O)OC(C)(C)C)C(=O)OC. The molecule has 198 valence electrons. The van der Waals surface area contributed by atoms with Crippen LogP contribution < -0.4 is 10.1 Å². The number of methoxy groups -OCH3 is 1. The first-order valence-corrected chi connectivity index (χ1v) is 12.6. The molecule has 4 atom stereocenters. The molecular formula is C28H35N3O6. The van der Waals surface area contributed by atoms with Crippen LogP contribution in [0.25, 0.3) is 10.9 Å². The topological polar surface area (TPSA) is 107 Å². The number of ether oxygens (including phenoxy) is 3. The Balaban J connectivity index is 1.55. The van der Waals surface area contributed by atoms with Gasteiger partial charge in [-0.05, 0) is 64.2 Å². The minimum Gasteiger partial charge on any atom is -0.488 e. The van der Waals surface area contributed by atoms with Crippen LogP contribution in [0.5, 0.6) is 5.75 Å². The summed E-state index contributed by atoms with van der Waals surface area (Å²) in [4.78, 5) is 45.1. The van der Waals surface area contributed by atoms with Gasteiger partial charge in [0, 0.05) is 18.0 Å². The van der Waals surface area contributed by atoms with E-state index in [1.807, 2.05) is 24.3 Å². The Labute approximate surface area is 217 Å². The van der Waals surface area contributed by atoms with Crippen LogP contribution in [0.1, 0.15) is 46.5 Å². The van der Waals surface area contributed by atoms with E-state index >= 15 is 0 Å². The summed E-state index contributed by atoms with van der Waals surface area (Å²) in [6.45, 7) is 9.21. The molecule has 4 rings (SSSR count). The van der Waals surface area contributed by atoms with Gasteiger partial charge in [0.1, 0.15) is 29.0 Å². The molecule has 2 aliphatic rings. The van der Waals surface area contributed by atoms with Crippen LogP contribution in [0.3, 0.4) is 0 Å². The Morgan fingerprint density at radius 3 is 2.70 bits per heavy atom. The summed E-state index contributed by atoms with van der Waals surface area (Å²) in [5.41, 5.74) is -1.04. The lowest BCUT2D eigenvalue weighted by Crippen LogP contribution is -2.53. The van der Waals surface area contributed by atoms with Crippen LogP contribution in [0.15, 0.2) is 49.2 Å². The monoisotopic (exact) mass is 509 g/mol. The lowest BCUT2D eigenvalue weighted by Gasteiger charge is -2.28. The minimum absolute atomic E-state index is 0.0477. The average molecular weight is 510 g/mol. The second-order valence-corrected chi connectivity index (χ2v) is 10.7. The third-order valence-electron chi connectivity index (χ3n) is 6.82. The molecule has 1 unspecified atom stereocenters. The van der Waals surface area contributed by atoms with Crippen molar-refractivity contribution in [1.82, 2.24) is 15.2 Å². The largest absolute Gasteiger partial charge is 0.488 e. The number of carbonyl (C=O) groups is 3. The highest BCUT2D eigenvalue weighted by atomic mass is 16.6. The molecule has 1 aromatic carbocycles. The van der Waals surface area contributed by atoms with Crippen LogP contribution in [0.4, 0.5) is 4.79 Å². The number of likely N-dealkylation sites (tertiary alicyclic amines) is 1. The first-order chi connectivity index (χ1) is 17.6. The zero-order chi connectivity index (χ0) is 26.8. The molecule has 9 heteroatoms. The van der Waals surface area contributed by atoms with E-state index in [9.17, 15) is 14.4 Å². The van der Waals surface area contributed by atoms with E-state index in [0.29, 0.717) is 18.6 Å². The van der Waals surface area contributed by atoms with Gasteiger partial charge in [-0.1, -0.05) is 18.2 Å². The summed E-state index contributed by atoms with van der Waals surface area (Å²) in [5, 5.41) is 3.76. The first-order valence-electron chi connectivity index (χ1n) is 12.6. The number of amides is 2. The second-order valence-electron chi connectivity index (χ2n) is 10.7. The smallest absolute Gasteiger partial charge is 0.411 e. The quantitative estimate of drug-likeness (QED) is 0.423. The number of benzene rings is 1. The van der Waals surface area contributed by atoms with Gasteiger partial charge < -0.3 is 19.5 Å². The third-order valence-corrected chi connectivity index (χ3v) is 6.82. The van der Waals surface area contributed by atoms with E-state index in [2.05, 4.69) is 16.9 Å². The number of rotatable bonds is 8. The molecule has 0 bridgehead atoms. The van der Waals surface area contributed by atoms with Crippen LogP contribution in [-0.4, -0.2) is 64.8 Å². The highest BCUT2D eigenvalue weighted by molar-refractivity contribution is 5.94. The maximum atomic E-state index is 13.6. The molecule has 1 saturated heterocycles. The number of esters is 1. The molecule has 37 heavy (non-hydrogen) atoms. The molecule has 1 N–H and O–H groups in total. The first kappa shape index (κ1) is 26.4. The Bertz CT molecular complexity index is 1190. The van der Waals surface area contributed by atoms with Gasteiger partial charge in [0.05, 0.1) is 19.2 Å². The van der Waals surface area contributed by atoms with E-state index in [1.165, 1.54) is 12.0 Å². The van der Waals surface area contributed by atoms with Crippen molar-refractivity contribution in [1.29, 1.82) is 0 Å². The average Bonchev–Trinajstić information content (AvgIpc) is 3.38. The number of para-hydroxylation sites is 1. The number of nitrogens with zero attached hydrogens (tertiary/aromatic N) is 2. The van der Waals surface area contributed by atoms with Crippen molar-refractivity contribution >= 4 is 28.9 Å². The van der Waals surface area contributed by atoms with Gasteiger partial charge in [-0.2, -0.15) is 0 Å². The fourth-order valence-electron chi connectivity index (χ4n) is 4.94. The summed E-state index contributed by atoms with van der Waals surface area (Å²) in [6, 6.07) is 8.52. The number of allylic oxidation sites excluding steroid dienone is 1. The molecule has 2 heterocycles. The van der Waals surface area contributed by atoms with Gasteiger partial charge in [0.25, 0.3) is 0 Å². The predicted octanol–water partition coefficient (Wildman–Crippen LogP) is 4.01. The van der Waals surface area contributed by atoms with Crippen LogP contribution in [-0.2, 0) is 19.1 Å². The third kappa shape index (κ3) is 5.70. The van der Waals surface area contributed by atoms with Crippen LogP contribution in [0, 0.1) is 5.92 Å². The molecule has 1 aliphatic heterocycles. The Morgan fingerprint density at radius 1 is 1.24 bits per heavy atom. The maximum Gasteiger partial charge on any atom is 0.411 e. The molecule has 1 aliphatic carbocycles. The Hall–Kier alpha value is -3.62. The van der Waals surface area contributed by atoms with Crippen LogP contribution in [0.2, 0.25) is 0 Å². The van der Waals surface area contributed by atoms with Crippen LogP contribution >= 0.6 is 0 Å². The summed E-state index contributed by atoms with van der Waals surface area (Å²) >= 11 is 0. The summed E-state index contributed by atoms with van der Waals surface area (Å²) < 4.78 is 16.9. The standard InChI is InChI=1S/C28H35N3O6/c1-6-7-10-18-16-28(18,25(33)35-5)30-24(32)22-15-19(17-31(22)26(34)37-27(2,3)4)36-23-13-14-29-21-12-9-8-11-20(21)23/h6,8-9,11-14,18-19,22H,1,7,10,15-17H2,2-5H3,(H,30,32)/t18?,19-,22+,28-/m1/s1. The molecule has 9 nitrogen and oxygen atoms in total. The highest BCUT2D eigenvalue weighted by Gasteiger charge is 2.62. The summed E-state index contributed by atoms with van der Waals surface area (Å²) in [7, 11) is 1.31. The van der Waals surface area contributed by atoms with Crippen molar-refractivity contribution in [3.63, 3.8) is 0 Å². The molecular weight excluding hydrogens is 474 g/mol. The molecule has 0 spiro atoms. The van der Waals surface area contributed by atoms with Crippen molar-refractivity contribution in [2.75, 3.05) is 13.7 Å². The van der Waals surface area contributed by atoms with Gasteiger partial charge in [0.15, 0.2) is 0 Å². The number of aromatic nitrogens is 1. The van der Waals surface area contributed by atoms with Gasteiger partial charge in [0.2, 0.25) is 5.91 Å². The van der Waals surface area contributed by atoms with E-state index in [4.69, 9.17) is 14.2 Å². The highest BCUT2D eigenvalue weighted by Crippen LogP contribution is 2.48. The van der Waals surface area contributed by atoms with E-state index in [0.717, 1.165) is 17.3 Å². The molecule has 0 radical (unpaired) electrons. The number of nitrogens with one attached hydrogen (secondary N) is 1. The van der Waals surface area contributed by atoms with E-state index < -0.39 is 41.3 Å². The van der Waals surface area contributed by atoms with Gasteiger partial charge in [-0.15, -0.1) is 6.58 Å². The number of fused-ring (bicyclic) bond motifs is 1. The zero-order valence-corrected chi connectivity index (χ0v) is 21.9. The van der Waals surface area contributed by atoms with E-state index in [-0.39, 0.29) is 18.9 Å². The molecule has 1 saturated carbocycles. The molecule has 1 aromatic heterocycles. The van der Waals surface area contributed by atoms with Gasteiger partial charge in [-0.3, -0.25) is 14.7 Å². The van der Waals surface area contributed by atoms with Gasteiger partial charge >= 0.3 is 12.1 Å². The molecule has 2 amide bonds. The van der Waals surface area contributed by atoms with E-state index in [1.54, 1.807) is 39.1 Å². The van der Waals surface area contributed by atoms with Crippen molar-refractivity contribution in [3.8, 4) is 5.75 Å². The number of hydrogen-bond acceptors (Lipinski definition) is 7. The van der Waals surface area contributed by atoms with Crippen molar-refractivity contribution in [3.05, 3.63) is 49.2 Å². The number of hydrogen-bond donors (Lipinski definition) is 1.